The van der Waals surface area contributed by atoms with Crippen molar-refractivity contribution in [3.8, 4) is 0 Å². The average Bonchev–Trinajstić information content (AvgIpc) is 3.04. The van der Waals surface area contributed by atoms with E-state index in [0.717, 1.165) is 19.6 Å². The number of aromatic nitrogens is 1. The van der Waals surface area contributed by atoms with Crippen LogP contribution in [0.2, 0.25) is 0 Å². The van der Waals surface area contributed by atoms with E-state index in [2.05, 4.69) is 77.6 Å². The van der Waals surface area contributed by atoms with Crippen molar-refractivity contribution in [1.29, 1.82) is 0 Å². The van der Waals surface area contributed by atoms with E-state index in [1.165, 1.54) is 59.7 Å². The van der Waals surface area contributed by atoms with Crippen molar-refractivity contribution >= 4 is 10.9 Å². The van der Waals surface area contributed by atoms with E-state index in [1.807, 2.05) is 0 Å². The molecule has 0 bridgehead atoms. The molecule has 0 fully saturated rings. The maximum Gasteiger partial charge on any atom is 0.0486 e. The Morgan fingerprint density at radius 3 is 2.81 bits per heavy atom. The molecule has 140 valence electrons. The third-order valence-corrected chi connectivity index (χ3v) is 5.63. The van der Waals surface area contributed by atoms with Gasteiger partial charge in [0.2, 0.25) is 0 Å². The second-order valence-electron chi connectivity index (χ2n) is 7.82. The van der Waals surface area contributed by atoms with E-state index in [1.54, 1.807) is 5.57 Å². The van der Waals surface area contributed by atoms with Crippen molar-refractivity contribution in [2.45, 2.75) is 52.1 Å². The Morgan fingerprint density at radius 1 is 1.04 bits per heavy atom. The molecule has 0 atom stereocenters. The Labute approximate surface area is 162 Å². The molecule has 4 rings (SSSR count). The van der Waals surface area contributed by atoms with Crippen molar-refractivity contribution in [2.24, 2.45) is 0 Å². The Balaban J connectivity index is 1.45. The molecule has 2 aromatic carbocycles. The number of fused-ring (bicyclic) bond motifs is 1. The zero-order chi connectivity index (χ0) is 18.5. The van der Waals surface area contributed by atoms with E-state index < -0.39 is 0 Å². The lowest BCUT2D eigenvalue weighted by molar-refractivity contribution is 0.632. The van der Waals surface area contributed by atoms with Crippen LogP contribution >= 0.6 is 0 Å². The molecule has 0 saturated heterocycles. The molecule has 0 saturated carbocycles. The van der Waals surface area contributed by atoms with Crippen LogP contribution in [-0.4, -0.2) is 11.1 Å². The van der Waals surface area contributed by atoms with Crippen LogP contribution in [0.15, 0.2) is 66.4 Å². The first kappa shape index (κ1) is 18.1. The number of allylic oxidation sites excluding steroid dienone is 1. The first-order valence-corrected chi connectivity index (χ1v) is 10.3. The minimum atomic E-state index is 0.926. The van der Waals surface area contributed by atoms with Gasteiger partial charge >= 0.3 is 0 Å². The number of aryl methyl sites for hydroxylation is 1. The van der Waals surface area contributed by atoms with E-state index in [0.29, 0.717) is 0 Å². The van der Waals surface area contributed by atoms with Crippen LogP contribution in [0.25, 0.3) is 10.9 Å². The van der Waals surface area contributed by atoms with Crippen LogP contribution in [0, 0.1) is 6.92 Å². The first-order chi connectivity index (χ1) is 13.3. The molecule has 3 aromatic rings. The lowest BCUT2D eigenvalue weighted by atomic mass is 9.97. The lowest BCUT2D eigenvalue weighted by Crippen LogP contribution is -2.15. The van der Waals surface area contributed by atoms with Gasteiger partial charge in [0.1, 0.15) is 0 Å². The molecule has 0 amide bonds. The number of para-hydroxylation sites is 1. The molecule has 0 spiro atoms. The maximum atomic E-state index is 3.67. The van der Waals surface area contributed by atoms with Gasteiger partial charge < -0.3 is 9.88 Å². The Morgan fingerprint density at radius 2 is 1.96 bits per heavy atom. The minimum absolute atomic E-state index is 0.926. The fraction of sp³-hybridized carbons (Fsp3) is 0.360. The Bertz CT molecular complexity index is 932. The molecule has 1 heterocycles. The lowest BCUT2D eigenvalue weighted by Gasteiger charge is -2.12. The minimum Gasteiger partial charge on any atom is -0.343 e. The SMILES string of the molecule is Cc1cccc(Cn2cc(CNCCC3=CCCCC3)c3ccccc32)c1. The summed E-state index contributed by atoms with van der Waals surface area (Å²) in [5, 5.41) is 5.04. The summed E-state index contributed by atoms with van der Waals surface area (Å²) in [4.78, 5) is 0. The number of hydrogen-bond acceptors (Lipinski definition) is 1. The summed E-state index contributed by atoms with van der Waals surface area (Å²) in [7, 11) is 0. The fourth-order valence-electron chi connectivity index (χ4n) is 4.21. The highest BCUT2D eigenvalue weighted by molar-refractivity contribution is 5.84. The van der Waals surface area contributed by atoms with E-state index in [9.17, 15) is 0 Å². The first-order valence-electron chi connectivity index (χ1n) is 10.3. The molecule has 0 radical (unpaired) electrons. The quantitative estimate of drug-likeness (QED) is 0.406. The van der Waals surface area contributed by atoms with Crippen LogP contribution < -0.4 is 5.32 Å². The van der Waals surface area contributed by atoms with Gasteiger partial charge in [0.15, 0.2) is 0 Å². The second kappa shape index (κ2) is 8.58. The van der Waals surface area contributed by atoms with E-state index in [-0.39, 0.29) is 0 Å². The zero-order valence-electron chi connectivity index (χ0n) is 16.4. The highest BCUT2D eigenvalue weighted by atomic mass is 15.0. The van der Waals surface area contributed by atoms with Gasteiger partial charge in [-0.15, -0.1) is 0 Å². The molecule has 1 aliphatic rings. The third kappa shape index (κ3) is 4.51. The summed E-state index contributed by atoms with van der Waals surface area (Å²) >= 11 is 0. The molecule has 2 heteroatoms. The predicted molar refractivity (Wildman–Crippen MR) is 115 cm³/mol. The number of nitrogens with one attached hydrogen (secondary N) is 1. The number of rotatable bonds is 7. The summed E-state index contributed by atoms with van der Waals surface area (Å²) in [6, 6.07) is 17.6. The van der Waals surface area contributed by atoms with Gasteiger partial charge in [-0.25, -0.2) is 0 Å². The van der Waals surface area contributed by atoms with E-state index >= 15 is 0 Å². The standard InChI is InChI=1S/C25H30N2/c1-20-8-7-11-22(16-20)18-27-19-23(24-12-5-6-13-25(24)27)17-26-15-14-21-9-3-2-4-10-21/h5-9,11-13,16,19,26H,2-4,10,14-15,17-18H2,1H3. The maximum absolute atomic E-state index is 3.67. The smallest absolute Gasteiger partial charge is 0.0486 e. The monoisotopic (exact) mass is 358 g/mol. The van der Waals surface area contributed by atoms with Gasteiger partial charge in [0.25, 0.3) is 0 Å². The van der Waals surface area contributed by atoms with E-state index in [4.69, 9.17) is 0 Å². The van der Waals surface area contributed by atoms with Gasteiger partial charge in [-0.2, -0.15) is 0 Å². The highest BCUT2D eigenvalue weighted by Gasteiger charge is 2.09. The third-order valence-electron chi connectivity index (χ3n) is 5.63. The van der Waals surface area contributed by atoms with Crippen LogP contribution in [0.1, 0.15) is 48.8 Å². The normalized spacial score (nSPS) is 14.5. The molecule has 27 heavy (non-hydrogen) atoms. The van der Waals surface area contributed by atoms with Gasteiger partial charge in [-0.1, -0.05) is 59.7 Å². The van der Waals surface area contributed by atoms with Crippen molar-refractivity contribution in [3.05, 3.63) is 83.1 Å². The van der Waals surface area contributed by atoms with Crippen LogP contribution in [0.5, 0.6) is 0 Å². The summed E-state index contributed by atoms with van der Waals surface area (Å²) < 4.78 is 2.39. The van der Waals surface area contributed by atoms with Crippen LogP contribution in [0.4, 0.5) is 0 Å². The zero-order valence-corrected chi connectivity index (χ0v) is 16.4. The number of hydrogen-bond donors (Lipinski definition) is 1. The van der Waals surface area contributed by atoms with Crippen molar-refractivity contribution in [3.63, 3.8) is 0 Å². The van der Waals surface area contributed by atoms with Crippen LogP contribution in [-0.2, 0) is 13.1 Å². The molecule has 2 nitrogen and oxygen atoms in total. The fourth-order valence-corrected chi connectivity index (χ4v) is 4.21. The topological polar surface area (TPSA) is 17.0 Å². The molecule has 0 unspecified atom stereocenters. The molecular weight excluding hydrogens is 328 g/mol. The van der Waals surface area contributed by atoms with Crippen molar-refractivity contribution < 1.29 is 0 Å². The molecule has 1 aromatic heterocycles. The Hall–Kier alpha value is -2.32. The summed E-state index contributed by atoms with van der Waals surface area (Å²) in [5.41, 5.74) is 7.06. The highest BCUT2D eigenvalue weighted by Crippen LogP contribution is 2.23. The summed E-state index contributed by atoms with van der Waals surface area (Å²) in [5.74, 6) is 0. The molecular formula is C25H30N2. The number of nitrogens with zero attached hydrogens (tertiary/aromatic N) is 1. The largest absolute Gasteiger partial charge is 0.343 e. The molecule has 1 aliphatic carbocycles. The van der Waals surface area contributed by atoms with Crippen molar-refractivity contribution in [1.82, 2.24) is 9.88 Å². The van der Waals surface area contributed by atoms with Gasteiger partial charge in [0.05, 0.1) is 0 Å². The summed E-state index contributed by atoms with van der Waals surface area (Å²) in [6.45, 7) is 5.10. The van der Waals surface area contributed by atoms with Crippen molar-refractivity contribution in [2.75, 3.05) is 6.54 Å². The Kier molecular flexibility index (Phi) is 5.74. The molecule has 1 N–H and O–H groups in total. The van der Waals surface area contributed by atoms with Gasteiger partial charge in [-0.05, 0) is 62.8 Å². The second-order valence-corrected chi connectivity index (χ2v) is 7.82. The van der Waals surface area contributed by atoms with Gasteiger partial charge in [0, 0.05) is 30.2 Å². The van der Waals surface area contributed by atoms with Crippen LogP contribution in [0.3, 0.4) is 0 Å². The molecule has 0 aliphatic heterocycles. The summed E-state index contributed by atoms with van der Waals surface area (Å²) in [6.07, 6.45) is 11.3. The number of benzene rings is 2. The predicted octanol–water partition coefficient (Wildman–Crippen LogP) is 5.98. The van der Waals surface area contributed by atoms with Gasteiger partial charge in [-0.3, -0.25) is 0 Å². The average molecular weight is 359 g/mol.